The molecule has 0 saturated carbocycles. The molecule has 0 amide bonds. The van der Waals surface area contributed by atoms with E-state index in [1.165, 1.54) is 27.8 Å². The van der Waals surface area contributed by atoms with Crippen LogP contribution in [-0.4, -0.2) is 13.6 Å². The first-order chi connectivity index (χ1) is 9.61. The lowest BCUT2D eigenvalue weighted by Gasteiger charge is -2.20. The largest absolute Gasteiger partial charge is 0.319 e. The van der Waals surface area contributed by atoms with Crippen LogP contribution in [0.5, 0.6) is 0 Å². The summed E-state index contributed by atoms with van der Waals surface area (Å²) in [6.45, 7) is 7.58. The number of benzene rings is 2. The Balaban J connectivity index is 2.25. The van der Waals surface area contributed by atoms with Crippen molar-refractivity contribution in [2.75, 3.05) is 13.6 Å². The van der Waals surface area contributed by atoms with Gasteiger partial charge in [-0.3, -0.25) is 0 Å². The van der Waals surface area contributed by atoms with E-state index in [0.717, 1.165) is 13.0 Å². The first-order valence-corrected chi connectivity index (χ1v) is 7.38. The predicted octanol–water partition coefficient (Wildman–Crippen LogP) is 4.16. The third kappa shape index (κ3) is 3.49. The number of nitrogens with one attached hydrogen (secondary N) is 1. The van der Waals surface area contributed by atoms with Gasteiger partial charge in [-0.1, -0.05) is 42.5 Å². The lowest BCUT2D eigenvalue weighted by atomic mass is 9.88. The summed E-state index contributed by atoms with van der Waals surface area (Å²) in [4.78, 5) is 0. The van der Waals surface area contributed by atoms with Gasteiger partial charge in [-0.15, -0.1) is 0 Å². The fourth-order valence-electron chi connectivity index (χ4n) is 2.80. The number of rotatable bonds is 5. The summed E-state index contributed by atoms with van der Waals surface area (Å²) in [7, 11) is 2.03. The van der Waals surface area contributed by atoms with E-state index in [2.05, 4.69) is 68.6 Å². The van der Waals surface area contributed by atoms with E-state index >= 15 is 0 Å². The fourth-order valence-corrected chi connectivity index (χ4v) is 2.80. The molecule has 0 aromatic heterocycles. The van der Waals surface area contributed by atoms with Crippen molar-refractivity contribution >= 4 is 0 Å². The van der Waals surface area contributed by atoms with Gasteiger partial charge in [-0.25, -0.2) is 0 Å². The van der Waals surface area contributed by atoms with Crippen LogP contribution >= 0.6 is 0 Å². The first-order valence-electron chi connectivity index (χ1n) is 7.38. The standard InChI is InChI=1S/C19H25N/c1-14-9-10-17(11-16(14)3)12-18(13-20-4)19-8-6-5-7-15(19)2/h5-11,18,20H,12-13H2,1-4H3. The van der Waals surface area contributed by atoms with E-state index in [1.54, 1.807) is 0 Å². The molecule has 0 aliphatic carbocycles. The van der Waals surface area contributed by atoms with Gasteiger partial charge in [0.05, 0.1) is 0 Å². The zero-order valence-corrected chi connectivity index (χ0v) is 13.0. The van der Waals surface area contributed by atoms with Gasteiger partial charge in [-0.2, -0.15) is 0 Å². The van der Waals surface area contributed by atoms with Gasteiger partial charge in [0.2, 0.25) is 0 Å². The molecule has 20 heavy (non-hydrogen) atoms. The number of hydrogen-bond donors (Lipinski definition) is 1. The quantitative estimate of drug-likeness (QED) is 0.858. The number of hydrogen-bond acceptors (Lipinski definition) is 1. The molecule has 1 unspecified atom stereocenters. The van der Waals surface area contributed by atoms with Crippen LogP contribution < -0.4 is 5.32 Å². The molecule has 2 aromatic carbocycles. The molecule has 106 valence electrons. The maximum Gasteiger partial charge on any atom is 0.00204 e. The average molecular weight is 267 g/mol. The summed E-state index contributed by atoms with van der Waals surface area (Å²) in [5, 5.41) is 3.34. The first kappa shape index (κ1) is 14.8. The van der Waals surface area contributed by atoms with Gasteiger partial charge < -0.3 is 5.32 Å². The second kappa shape index (κ2) is 6.71. The van der Waals surface area contributed by atoms with Crippen LogP contribution in [0.2, 0.25) is 0 Å². The van der Waals surface area contributed by atoms with Crippen molar-refractivity contribution in [1.29, 1.82) is 0 Å². The Kier molecular flexibility index (Phi) is 4.97. The van der Waals surface area contributed by atoms with Gasteiger partial charge >= 0.3 is 0 Å². The van der Waals surface area contributed by atoms with Gasteiger partial charge in [0.15, 0.2) is 0 Å². The molecule has 0 bridgehead atoms. The van der Waals surface area contributed by atoms with Crippen molar-refractivity contribution in [3.8, 4) is 0 Å². The zero-order chi connectivity index (χ0) is 14.5. The van der Waals surface area contributed by atoms with Crippen LogP contribution in [0.25, 0.3) is 0 Å². The summed E-state index contributed by atoms with van der Waals surface area (Å²) in [6.07, 6.45) is 1.09. The second-order valence-corrected chi connectivity index (χ2v) is 5.73. The fraction of sp³-hybridized carbons (Fsp3) is 0.368. The molecule has 1 atom stereocenters. The Morgan fingerprint density at radius 1 is 0.900 bits per heavy atom. The summed E-state index contributed by atoms with van der Waals surface area (Å²) in [5.41, 5.74) is 7.03. The SMILES string of the molecule is CNCC(Cc1ccc(C)c(C)c1)c1ccccc1C. The predicted molar refractivity (Wildman–Crippen MR) is 87.5 cm³/mol. The molecule has 2 aromatic rings. The van der Waals surface area contributed by atoms with E-state index in [1.807, 2.05) is 7.05 Å². The molecule has 1 heteroatoms. The highest BCUT2D eigenvalue weighted by Crippen LogP contribution is 2.24. The summed E-state index contributed by atoms with van der Waals surface area (Å²) in [5.74, 6) is 0.531. The monoisotopic (exact) mass is 267 g/mol. The van der Waals surface area contributed by atoms with Crippen LogP contribution in [0.15, 0.2) is 42.5 Å². The van der Waals surface area contributed by atoms with E-state index < -0.39 is 0 Å². The van der Waals surface area contributed by atoms with Crippen molar-refractivity contribution in [3.05, 3.63) is 70.3 Å². The number of aryl methyl sites for hydroxylation is 3. The van der Waals surface area contributed by atoms with Crippen molar-refractivity contribution in [3.63, 3.8) is 0 Å². The molecule has 0 heterocycles. The second-order valence-electron chi connectivity index (χ2n) is 5.73. The Morgan fingerprint density at radius 2 is 1.65 bits per heavy atom. The maximum absolute atomic E-state index is 3.34. The molecular weight excluding hydrogens is 242 g/mol. The molecule has 2 rings (SSSR count). The van der Waals surface area contributed by atoms with Crippen molar-refractivity contribution in [2.24, 2.45) is 0 Å². The average Bonchev–Trinajstić information content (AvgIpc) is 2.43. The molecule has 0 radical (unpaired) electrons. The van der Waals surface area contributed by atoms with E-state index in [9.17, 15) is 0 Å². The third-order valence-electron chi connectivity index (χ3n) is 4.13. The van der Waals surface area contributed by atoms with E-state index in [4.69, 9.17) is 0 Å². The zero-order valence-electron chi connectivity index (χ0n) is 13.0. The molecule has 1 N–H and O–H groups in total. The molecule has 0 aliphatic rings. The molecular formula is C19H25N. The maximum atomic E-state index is 3.34. The molecule has 0 spiro atoms. The molecule has 0 aliphatic heterocycles. The molecule has 0 saturated heterocycles. The Hall–Kier alpha value is -1.60. The van der Waals surface area contributed by atoms with Crippen LogP contribution in [0.4, 0.5) is 0 Å². The normalized spacial score (nSPS) is 12.4. The van der Waals surface area contributed by atoms with Crippen molar-refractivity contribution < 1.29 is 0 Å². The highest BCUT2D eigenvalue weighted by atomic mass is 14.8. The minimum absolute atomic E-state index is 0.531. The third-order valence-corrected chi connectivity index (χ3v) is 4.13. The minimum atomic E-state index is 0.531. The smallest absolute Gasteiger partial charge is 0.00204 e. The number of likely N-dealkylation sites (N-methyl/N-ethyl adjacent to an activating group) is 1. The lowest BCUT2D eigenvalue weighted by molar-refractivity contribution is 0.622. The molecule has 1 nitrogen and oxygen atoms in total. The van der Waals surface area contributed by atoms with Crippen LogP contribution in [-0.2, 0) is 6.42 Å². The van der Waals surface area contributed by atoms with E-state index in [-0.39, 0.29) is 0 Å². The summed E-state index contributed by atoms with van der Waals surface area (Å²) in [6, 6.07) is 15.6. The topological polar surface area (TPSA) is 12.0 Å². The summed E-state index contributed by atoms with van der Waals surface area (Å²) >= 11 is 0. The van der Waals surface area contributed by atoms with Gasteiger partial charge in [0.1, 0.15) is 0 Å². The lowest BCUT2D eigenvalue weighted by Crippen LogP contribution is -2.20. The Labute approximate surface area is 123 Å². The molecule has 0 fully saturated rings. The van der Waals surface area contributed by atoms with Gasteiger partial charge in [0.25, 0.3) is 0 Å². The van der Waals surface area contributed by atoms with Crippen molar-refractivity contribution in [1.82, 2.24) is 5.32 Å². The van der Waals surface area contributed by atoms with Crippen LogP contribution in [0.1, 0.15) is 33.7 Å². The van der Waals surface area contributed by atoms with Gasteiger partial charge in [0, 0.05) is 12.5 Å². The highest BCUT2D eigenvalue weighted by Gasteiger charge is 2.13. The van der Waals surface area contributed by atoms with Crippen LogP contribution in [0.3, 0.4) is 0 Å². The Morgan fingerprint density at radius 3 is 2.30 bits per heavy atom. The van der Waals surface area contributed by atoms with Gasteiger partial charge in [-0.05, 0) is 62.1 Å². The summed E-state index contributed by atoms with van der Waals surface area (Å²) < 4.78 is 0. The Bertz CT molecular complexity index is 572. The van der Waals surface area contributed by atoms with E-state index in [0.29, 0.717) is 5.92 Å². The highest BCUT2D eigenvalue weighted by molar-refractivity contribution is 5.34. The minimum Gasteiger partial charge on any atom is -0.319 e. The van der Waals surface area contributed by atoms with Crippen molar-refractivity contribution in [2.45, 2.75) is 33.1 Å². The van der Waals surface area contributed by atoms with Crippen LogP contribution in [0, 0.1) is 20.8 Å².